The molecule has 30 heavy (non-hydrogen) atoms. The number of alkyl carbamates (subject to hydrolysis) is 1. The molecule has 0 spiro atoms. The van der Waals surface area contributed by atoms with Crippen molar-refractivity contribution in [3.63, 3.8) is 0 Å². The number of hydrogen-bond acceptors (Lipinski definition) is 3. The van der Waals surface area contributed by atoms with E-state index in [9.17, 15) is 14.0 Å². The Morgan fingerprint density at radius 3 is 2.60 bits per heavy atom. The van der Waals surface area contributed by atoms with E-state index in [0.29, 0.717) is 25.4 Å². The van der Waals surface area contributed by atoms with Crippen LogP contribution in [-0.2, 0) is 16.0 Å². The summed E-state index contributed by atoms with van der Waals surface area (Å²) in [5.41, 5.74) is 1.40. The minimum absolute atomic E-state index is 0.0168. The number of aromatic nitrogens is 1. The Morgan fingerprint density at radius 1 is 1.17 bits per heavy atom. The lowest BCUT2D eigenvalue weighted by Gasteiger charge is -2.28. The summed E-state index contributed by atoms with van der Waals surface area (Å²) in [5, 5.41) is 6.72. The zero-order valence-electron chi connectivity index (χ0n) is 18.0. The van der Waals surface area contributed by atoms with Crippen molar-refractivity contribution in [3.8, 4) is 0 Å². The summed E-state index contributed by atoms with van der Waals surface area (Å²) in [6.45, 7) is 6.64. The number of fused-ring (bicyclic) bond motifs is 1. The van der Waals surface area contributed by atoms with Crippen LogP contribution in [0.4, 0.5) is 9.18 Å². The Balaban J connectivity index is 1.37. The molecule has 2 amide bonds. The molecule has 0 atom stereocenters. The van der Waals surface area contributed by atoms with E-state index in [-0.39, 0.29) is 23.7 Å². The van der Waals surface area contributed by atoms with E-state index in [4.69, 9.17) is 4.74 Å². The van der Waals surface area contributed by atoms with Crippen LogP contribution in [0.15, 0.2) is 24.4 Å². The number of amides is 2. The van der Waals surface area contributed by atoms with Crippen LogP contribution in [0.1, 0.15) is 52.0 Å². The molecule has 0 bridgehead atoms. The monoisotopic (exact) mass is 417 g/mol. The van der Waals surface area contributed by atoms with Crippen molar-refractivity contribution in [1.82, 2.24) is 15.6 Å². The fraction of sp³-hybridized carbons (Fsp3) is 0.565. The molecule has 6 nitrogen and oxygen atoms in total. The molecule has 7 heteroatoms. The molecule has 0 radical (unpaired) electrons. The number of ether oxygens (including phenoxy) is 1. The molecule has 0 unspecified atom stereocenters. The molecular weight excluding hydrogens is 385 g/mol. The standard InChI is InChI=1S/C23H32FN3O3/c1-23(2,3)30-22(29)27-13-15-4-6-16(7-5-15)21(28)25-11-10-17-14-26-20-9-8-18(24)12-19(17)20/h8-9,12,14-16,26H,4-7,10-11,13H2,1-3H3,(H,25,28)(H,27,29). The molecule has 1 aromatic heterocycles. The second-order valence-electron chi connectivity index (χ2n) is 9.15. The Labute approximate surface area is 176 Å². The van der Waals surface area contributed by atoms with Crippen LogP contribution in [-0.4, -0.2) is 35.7 Å². The van der Waals surface area contributed by atoms with Gasteiger partial charge in [0.25, 0.3) is 0 Å². The minimum Gasteiger partial charge on any atom is -0.444 e. The first kappa shape index (κ1) is 22.1. The first-order valence-corrected chi connectivity index (χ1v) is 10.7. The summed E-state index contributed by atoms with van der Waals surface area (Å²) < 4.78 is 18.7. The van der Waals surface area contributed by atoms with E-state index >= 15 is 0 Å². The molecule has 1 aliphatic carbocycles. The first-order valence-electron chi connectivity index (χ1n) is 10.7. The third-order valence-electron chi connectivity index (χ3n) is 5.57. The van der Waals surface area contributed by atoms with Crippen LogP contribution in [0.25, 0.3) is 10.9 Å². The van der Waals surface area contributed by atoms with Gasteiger partial charge in [-0.2, -0.15) is 0 Å². The van der Waals surface area contributed by atoms with E-state index in [1.165, 1.54) is 12.1 Å². The maximum atomic E-state index is 13.5. The fourth-order valence-electron chi connectivity index (χ4n) is 3.99. The van der Waals surface area contributed by atoms with Crippen LogP contribution in [0.2, 0.25) is 0 Å². The second kappa shape index (κ2) is 9.49. The number of rotatable bonds is 6. The van der Waals surface area contributed by atoms with Gasteiger partial charge in [0.15, 0.2) is 0 Å². The molecule has 1 aliphatic rings. The summed E-state index contributed by atoms with van der Waals surface area (Å²) in [7, 11) is 0. The van der Waals surface area contributed by atoms with E-state index < -0.39 is 5.60 Å². The highest BCUT2D eigenvalue weighted by molar-refractivity contribution is 5.83. The van der Waals surface area contributed by atoms with Crippen molar-refractivity contribution in [3.05, 3.63) is 35.8 Å². The minimum atomic E-state index is -0.499. The number of aromatic amines is 1. The predicted octanol–water partition coefficient (Wildman–Crippen LogP) is 4.30. The molecular formula is C23H32FN3O3. The zero-order valence-corrected chi connectivity index (χ0v) is 18.0. The number of carbonyl (C=O) groups excluding carboxylic acids is 2. The summed E-state index contributed by atoms with van der Waals surface area (Å²) in [6.07, 6.45) is 5.61. The quantitative estimate of drug-likeness (QED) is 0.655. The third kappa shape index (κ3) is 6.21. The Kier molecular flexibility index (Phi) is 7.00. The molecule has 0 aliphatic heterocycles. The molecule has 1 heterocycles. The molecule has 164 valence electrons. The number of carbonyl (C=O) groups is 2. The highest BCUT2D eigenvalue weighted by Crippen LogP contribution is 2.28. The van der Waals surface area contributed by atoms with E-state index in [0.717, 1.165) is 42.1 Å². The zero-order chi connectivity index (χ0) is 21.7. The molecule has 1 fully saturated rings. The molecule has 2 aromatic rings. The van der Waals surface area contributed by atoms with E-state index in [1.54, 1.807) is 6.07 Å². The summed E-state index contributed by atoms with van der Waals surface area (Å²) in [4.78, 5) is 27.4. The van der Waals surface area contributed by atoms with Crippen LogP contribution < -0.4 is 10.6 Å². The fourth-order valence-corrected chi connectivity index (χ4v) is 3.99. The lowest BCUT2D eigenvalue weighted by atomic mass is 9.81. The highest BCUT2D eigenvalue weighted by atomic mass is 19.1. The second-order valence-corrected chi connectivity index (χ2v) is 9.15. The average Bonchev–Trinajstić information content (AvgIpc) is 3.07. The largest absolute Gasteiger partial charge is 0.444 e. The Bertz CT molecular complexity index is 879. The van der Waals surface area contributed by atoms with Gasteiger partial charge in [-0.05, 0) is 82.6 Å². The van der Waals surface area contributed by atoms with Gasteiger partial charge in [0.05, 0.1) is 0 Å². The number of benzene rings is 1. The van der Waals surface area contributed by atoms with Crippen molar-refractivity contribution < 1.29 is 18.7 Å². The van der Waals surface area contributed by atoms with Crippen molar-refractivity contribution in [2.45, 2.75) is 58.5 Å². The van der Waals surface area contributed by atoms with Crippen LogP contribution in [0.5, 0.6) is 0 Å². The van der Waals surface area contributed by atoms with Gasteiger partial charge in [0.2, 0.25) is 5.91 Å². The molecule has 1 saturated carbocycles. The molecule has 3 N–H and O–H groups in total. The molecule has 3 rings (SSSR count). The maximum absolute atomic E-state index is 13.5. The summed E-state index contributed by atoms with van der Waals surface area (Å²) >= 11 is 0. The normalized spacial score (nSPS) is 19.5. The number of nitrogens with one attached hydrogen (secondary N) is 3. The SMILES string of the molecule is CC(C)(C)OC(=O)NCC1CCC(C(=O)NCCc2c[nH]c3ccc(F)cc23)CC1. The Morgan fingerprint density at radius 2 is 1.90 bits per heavy atom. The topological polar surface area (TPSA) is 83.2 Å². The van der Waals surface area contributed by atoms with Gasteiger partial charge in [-0.1, -0.05) is 0 Å². The van der Waals surface area contributed by atoms with Gasteiger partial charge < -0.3 is 20.4 Å². The van der Waals surface area contributed by atoms with Gasteiger partial charge >= 0.3 is 6.09 Å². The maximum Gasteiger partial charge on any atom is 0.407 e. The summed E-state index contributed by atoms with van der Waals surface area (Å²) in [5.74, 6) is 0.218. The van der Waals surface area contributed by atoms with Crippen LogP contribution in [0.3, 0.4) is 0 Å². The number of hydrogen-bond donors (Lipinski definition) is 3. The van der Waals surface area contributed by atoms with Crippen LogP contribution in [0, 0.1) is 17.7 Å². The number of H-pyrrole nitrogens is 1. The Hall–Kier alpha value is -2.57. The van der Waals surface area contributed by atoms with Gasteiger partial charge in [0, 0.05) is 36.1 Å². The number of halogens is 1. The molecule has 1 aromatic carbocycles. The van der Waals surface area contributed by atoms with Crippen molar-refractivity contribution in [2.24, 2.45) is 11.8 Å². The first-order chi connectivity index (χ1) is 14.2. The van der Waals surface area contributed by atoms with Gasteiger partial charge in [-0.25, -0.2) is 9.18 Å². The molecule has 0 saturated heterocycles. The van der Waals surface area contributed by atoms with E-state index in [1.807, 2.05) is 27.0 Å². The smallest absolute Gasteiger partial charge is 0.407 e. The van der Waals surface area contributed by atoms with E-state index in [2.05, 4.69) is 15.6 Å². The average molecular weight is 418 g/mol. The van der Waals surface area contributed by atoms with Gasteiger partial charge in [-0.15, -0.1) is 0 Å². The van der Waals surface area contributed by atoms with Gasteiger partial charge in [0.1, 0.15) is 11.4 Å². The van der Waals surface area contributed by atoms with Crippen molar-refractivity contribution in [2.75, 3.05) is 13.1 Å². The van der Waals surface area contributed by atoms with Gasteiger partial charge in [-0.3, -0.25) is 4.79 Å². The van der Waals surface area contributed by atoms with Crippen LogP contribution >= 0.6 is 0 Å². The summed E-state index contributed by atoms with van der Waals surface area (Å²) in [6, 6.07) is 4.68. The lowest BCUT2D eigenvalue weighted by molar-refractivity contribution is -0.126. The highest BCUT2D eigenvalue weighted by Gasteiger charge is 2.27. The predicted molar refractivity (Wildman–Crippen MR) is 115 cm³/mol. The van der Waals surface area contributed by atoms with Crippen molar-refractivity contribution >= 4 is 22.9 Å². The van der Waals surface area contributed by atoms with Crippen molar-refractivity contribution in [1.29, 1.82) is 0 Å². The lowest BCUT2D eigenvalue weighted by Crippen LogP contribution is -2.38. The third-order valence-corrected chi connectivity index (χ3v) is 5.57.